The SMILES string of the molecule is CN(C)C(=O)COc1cc2c(cc1Cl)NCC(C(=O)N1CCC(C#N)(Cc3ccc(F)cc3)CC1)O2. The predicted molar refractivity (Wildman–Crippen MR) is 133 cm³/mol. The van der Waals surface area contributed by atoms with Crippen LogP contribution in [0.15, 0.2) is 36.4 Å². The summed E-state index contributed by atoms with van der Waals surface area (Å²) in [5.74, 6) is 0.0143. The number of nitrogens with one attached hydrogen (secondary N) is 1. The molecule has 0 radical (unpaired) electrons. The highest BCUT2D eigenvalue weighted by atomic mass is 35.5. The van der Waals surface area contributed by atoms with Crippen LogP contribution in [-0.2, 0) is 16.0 Å². The molecular weight excluding hydrogens is 487 g/mol. The van der Waals surface area contributed by atoms with Crippen molar-refractivity contribution in [3.05, 3.63) is 52.8 Å². The highest BCUT2D eigenvalue weighted by Gasteiger charge is 2.39. The van der Waals surface area contributed by atoms with E-state index in [-0.39, 0.29) is 36.5 Å². The molecule has 0 saturated carbocycles. The van der Waals surface area contributed by atoms with Crippen molar-refractivity contribution in [2.24, 2.45) is 5.41 Å². The Balaban J connectivity index is 1.38. The molecule has 10 heteroatoms. The molecule has 4 rings (SSSR count). The molecule has 2 aliphatic rings. The van der Waals surface area contributed by atoms with Crippen LogP contribution in [0.3, 0.4) is 0 Å². The van der Waals surface area contributed by atoms with Gasteiger partial charge in [0.05, 0.1) is 28.7 Å². The van der Waals surface area contributed by atoms with Crippen LogP contribution in [0.5, 0.6) is 11.5 Å². The number of nitrogens with zero attached hydrogens (tertiary/aromatic N) is 3. The number of piperidine rings is 1. The Kier molecular flexibility index (Phi) is 7.55. The van der Waals surface area contributed by atoms with E-state index in [4.69, 9.17) is 21.1 Å². The van der Waals surface area contributed by atoms with Gasteiger partial charge in [-0.1, -0.05) is 23.7 Å². The molecule has 2 amide bonds. The molecule has 0 spiro atoms. The lowest BCUT2D eigenvalue weighted by molar-refractivity contribution is -0.140. The first-order valence-electron chi connectivity index (χ1n) is 11.7. The third-order valence-corrected chi connectivity index (χ3v) is 6.93. The summed E-state index contributed by atoms with van der Waals surface area (Å²) in [6.45, 7) is 0.967. The number of fused-ring (bicyclic) bond motifs is 1. The number of amides is 2. The highest BCUT2D eigenvalue weighted by Crippen LogP contribution is 2.39. The Morgan fingerprint density at radius 1 is 1.28 bits per heavy atom. The van der Waals surface area contributed by atoms with Gasteiger partial charge < -0.3 is 24.6 Å². The number of hydrogen-bond acceptors (Lipinski definition) is 6. The third kappa shape index (κ3) is 5.65. The summed E-state index contributed by atoms with van der Waals surface area (Å²) in [5, 5.41) is 13.4. The summed E-state index contributed by atoms with van der Waals surface area (Å²) < 4.78 is 24.8. The van der Waals surface area contributed by atoms with Crippen LogP contribution < -0.4 is 14.8 Å². The van der Waals surface area contributed by atoms with Gasteiger partial charge in [-0.15, -0.1) is 0 Å². The fourth-order valence-corrected chi connectivity index (χ4v) is 4.58. The summed E-state index contributed by atoms with van der Waals surface area (Å²) >= 11 is 6.29. The standard InChI is InChI=1S/C26H28ClFN4O4/c1-31(2)24(33)15-35-21-12-22-20(11-19(21)27)30-14-23(36-22)25(34)32-9-7-26(16-29,8-10-32)13-17-3-5-18(28)6-4-17/h3-6,11-12,23,30H,7-10,13-15H2,1-2H3. The smallest absolute Gasteiger partial charge is 0.265 e. The van der Waals surface area contributed by atoms with Crippen LogP contribution >= 0.6 is 11.6 Å². The quantitative estimate of drug-likeness (QED) is 0.634. The second kappa shape index (κ2) is 10.6. The van der Waals surface area contributed by atoms with Crippen molar-refractivity contribution in [3.8, 4) is 17.6 Å². The van der Waals surface area contributed by atoms with Crippen molar-refractivity contribution < 1.29 is 23.5 Å². The Morgan fingerprint density at radius 2 is 1.97 bits per heavy atom. The van der Waals surface area contributed by atoms with Gasteiger partial charge in [-0.3, -0.25) is 9.59 Å². The van der Waals surface area contributed by atoms with Gasteiger partial charge in [0.25, 0.3) is 11.8 Å². The molecule has 2 aromatic carbocycles. The molecule has 1 unspecified atom stereocenters. The molecule has 2 heterocycles. The Labute approximate surface area is 214 Å². The molecule has 2 aliphatic heterocycles. The summed E-state index contributed by atoms with van der Waals surface area (Å²) in [6, 6.07) is 11.9. The van der Waals surface area contributed by atoms with Gasteiger partial charge in [0.2, 0.25) is 0 Å². The van der Waals surface area contributed by atoms with E-state index in [1.165, 1.54) is 17.0 Å². The van der Waals surface area contributed by atoms with Crippen LogP contribution in [0.4, 0.5) is 10.1 Å². The molecule has 0 aromatic heterocycles. The van der Waals surface area contributed by atoms with E-state index in [0.29, 0.717) is 48.8 Å². The maximum atomic E-state index is 13.2. The lowest BCUT2D eigenvalue weighted by atomic mass is 9.75. The van der Waals surface area contributed by atoms with E-state index < -0.39 is 11.5 Å². The van der Waals surface area contributed by atoms with Gasteiger partial charge in [0.15, 0.2) is 12.7 Å². The maximum absolute atomic E-state index is 13.2. The van der Waals surface area contributed by atoms with E-state index in [0.717, 1.165) is 5.56 Å². The first-order valence-corrected chi connectivity index (χ1v) is 12.1. The monoisotopic (exact) mass is 514 g/mol. The molecule has 0 aliphatic carbocycles. The van der Waals surface area contributed by atoms with Crippen molar-refractivity contribution >= 4 is 29.1 Å². The number of nitriles is 1. The molecule has 2 aromatic rings. The van der Waals surface area contributed by atoms with Gasteiger partial charge in [-0.2, -0.15) is 5.26 Å². The normalized spacial score (nSPS) is 18.2. The largest absolute Gasteiger partial charge is 0.482 e. The number of carbonyl (C=O) groups is 2. The van der Waals surface area contributed by atoms with Gasteiger partial charge >= 0.3 is 0 Å². The first-order chi connectivity index (χ1) is 17.2. The van der Waals surface area contributed by atoms with Crippen LogP contribution in [0, 0.1) is 22.6 Å². The molecule has 1 atom stereocenters. The minimum Gasteiger partial charge on any atom is -0.482 e. The fraction of sp³-hybridized carbons (Fsp3) is 0.423. The molecule has 1 N–H and O–H groups in total. The summed E-state index contributed by atoms with van der Waals surface area (Å²) in [5.41, 5.74) is 0.940. The van der Waals surface area contributed by atoms with Gasteiger partial charge in [0, 0.05) is 33.3 Å². The number of benzene rings is 2. The van der Waals surface area contributed by atoms with Crippen LogP contribution in [0.2, 0.25) is 5.02 Å². The van der Waals surface area contributed by atoms with E-state index in [2.05, 4.69) is 11.4 Å². The lowest BCUT2D eigenvalue weighted by Crippen LogP contribution is -2.51. The zero-order chi connectivity index (χ0) is 25.9. The summed E-state index contributed by atoms with van der Waals surface area (Å²) in [7, 11) is 3.26. The number of likely N-dealkylation sites (N-methyl/N-ethyl adjacent to an activating group) is 1. The number of anilines is 1. The highest BCUT2D eigenvalue weighted by molar-refractivity contribution is 6.32. The zero-order valence-corrected chi connectivity index (χ0v) is 21.0. The minimum absolute atomic E-state index is 0.165. The van der Waals surface area contributed by atoms with Crippen LogP contribution in [-0.4, -0.2) is 68.1 Å². The summed E-state index contributed by atoms with van der Waals surface area (Å²) in [6.07, 6.45) is 0.815. The van der Waals surface area contributed by atoms with E-state index in [9.17, 15) is 19.2 Å². The van der Waals surface area contributed by atoms with Crippen LogP contribution in [0.25, 0.3) is 0 Å². The maximum Gasteiger partial charge on any atom is 0.265 e. The Bertz CT molecular complexity index is 1170. The van der Waals surface area contributed by atoms with Crippen LogP contribution in [0.1, 0.15) is 18.4 Å². The molecule has 0 bridgehead atoms. The van der Waals surface area contributed by atoms with Crippen molar-refractivity contribution in [2.75, 3.05) is 45.7 Å². The molecule has 8 nitrogen and oxygen atoms in total. The van der Waals surface area contributed by atoms with E-state index in [1.54, 1.807) is 43.3 Å². The second-order valence-electron chi connectivity index (χ2n) is 9.36. The summed E-state index contributed by atoms with van der Waals surface area (Å²) in [4.78, 5) is 28.2. The van der Waals surface area contributed by atoms with Crippen molar-refractivity contribution in [1.29, 1.82) is 5.26 Å². The lowest BCUT2D eigenvalue weighted by Gasteiger charge is -2.39. The van der Waals surface area contributed by atoms with Gasteiger partial charge in [-0.25, -0.2) is 4.39 Å². The van der Waals surface area contributed by atoms with Crippen molar-refractivity contribution in [3.63, 3.8) is 0 Å². The number of hydrogen-bond donors (Lipinski definition) is 1. The molecule has 1 saturated heterocycles. The second-order valence-corrected chi connectivity index (χ2v) is 9.77. The number of ether oxygens (including phenoxy) is 2. The molecule has 190 valence electrons. The van der Waals surface area contributed by atoms with E-state index in [1.807, 2.05) is 0 Å². The minimum atomic E-state index is -0.749. The Morgan fingerprint density at radius 3 is 2.61 bits per heavy atom. The Hall–Kier alpha value is -3.51. The molecule has 36 heavy (non-hydrogen) atoms. The molecule has 1 fully saturated rings. The number of likely N-dealkylation sites (tertiary alicyclic amines) is 1. The number of carbonyl (C=O) groups excluding carboxylic acids is 2. The topological polar surface area (TPSA) is 94.9 Å². The van der Waals surface area contributed by atoms with E-state index >= 15 is 0 Å². The first kappa shape index (κ1) is 25.6. The van der Waals surface area contributed by atoms with Crippen molar-refractivity contribution in [1.82, 2.24) is 9.80 Å². The van der Waals surface area contributed by atoms with Gasteiger partial charge in [-0.05, 0) is 43.0 Å². The van der Waals surface area contributed by atoms with Gasteiger partial charge in [0.1, 0.15) is 17.3 Å². The zero-order valence-electron chi connectivity index (χ0n) is 20.2. The third-order valence-electron chi connectivity index (χ3n) is 6.63. The number of rotatable bonds is 6. The molecular formula is C26H28ClFN4O4. The fourth-order valence-electron chi connectivity index (χ4n) is 4.36. The predicted octanol–water partition coefficient (Wildman–Crippen LogP) is 3.49. The average Bonchev–Trinajstić information content (AvgIpc) is 2.88. The number of halogens is 2. The average molecular weight is 515 g/mol. The van der Waals surface area contributed by atoms with Crippen molar-refractivity contribution in [2.45, 2.75) is 25.4 Å².